The van der Waals surface area contributed by atoms with E-state index in [-0.39, 0.29) is 0 Å². The summed E-state index contributed by atoms with van der Waals surface area (Å²) in [4.78, 5) is 12.6. The Labute approximate surface area is 436 Å². The van der Waals surface area contributed by atoms with E-state index in [1.54, 1.807) is 0 Å². The lowest BCUT2D eigenvalue weighted by Crippen LogP contribution is -2.53. The third-order valence-corrected chi connectivity index (χ3v) is 14.5. The Morgan fingerprint density at radius 2 is 0.600 bits per heavy atom. The fourth-order valence-corrected chi connectivity index (χ4v) is 9.61. The maximum Gasteiger partial charge on any atom is 0.249 e. The van der Waals surface area contributed by atoms with E-state index in [0.29, 0.717) is 19.3 Å². The van der Waals surface area contributed by atoms with Gasteiger partial charge in [-0.2, -0.15) is 0 Å². The Bertz CT molecular complexity index is 1150. The molecule has 0 aromatic heterocycles. The first-order valence-electron chi connectivity index (χ1n) is 31.0. The van der Waals surface area contributed by atoms with Crippen molar-refractivity contribution in [1.82, 2.24) is 5.32 Å². The quantitative estimate of drug-likeness (QED) is 0.0308. The van der Waals surface area contributed by atoms with E-state index in [1.165, 1.54) is 238 Å². The van der Waals surface area contributed by atoms with Gasteiger partial charge in [0.25, 0.3) is 0 Å². The molecule has 0 aliphatic heterocycles. The average molecular weight is 985 g/mol. The SMILES string of the molecule is CCCCCCCCCCC/C=C/CC/C=C/CC/C=C/CCCC(O)C(O)C(CO)NC(=O)C(O)CCCCCCCCCCCCCCCCCC/C=C\CCCCCCCCCCCCCC. The average Bonchev–Trinajstić information content (AvgIpc) is 3.36. The second kappa shape index (κ2) is 58.2. The molecule has 0 spiro atoms. The minimum atomic E-state index is -1.30. The molecular formula is C64H121NO5. The van der Waals surface area contributed by atoms with Crippen LogP contribution in [0.3, 0.4) is 0 Å². The second-order valence-electron chi connectivity index (χ2n) is 21.4. The zero-order valence-electron chi connectivity index (χ0n) is 46.8. The van der Waals surface area contributed by atoms with E-state index in [0.717, 1.165) is 51.4 Å². The largest absolute Gasteiger partial charge is 0.394 e. The highest BCUT2D eigenvalue weighted by Gasteiger charge is 2.28. The van der Waals surface area contributed by atoms with Gasteiger partial charge in [0.15, 0.2) is 0 Å². The van der Waals surface area contributed by atoms with Crippen molar-refractivity contribution < 1.29 is 25.2 Å². The molecule has 4 atom stereocenters. The van der Waals surface area contributed by atoms with Crippen LogP contribution in [0.25, 0.3) is 0 Å². The fraction of sp³-hybridized carbons (Fsp3) is 0.859. The molecule has 1 amide bonds. The summed E-state index contributed by atoms with van der Waals surface area (Å²) in [7, 11) is 0. The summed E-state index contributed by atoms with van der Waals surface area (Å²) in [6, 6.07) is -1.01. The van der Waals surface area contributed by atoms with Gasteiger partial charge in [0, 0.05) is 0 Å². The van der Waals surface area contributed by atoms with E-state index < -0.39 is 36.9 Å². The lowest BCUT2D eigenvalue weighted by molar-refractivity contribution is -0.132. The lowest BCUT2D eigenvalue weighted by Gasteiger charge is -2.27. The topological polar surface area (TPSA) is 110 Å². The molecule has 0 aliphatic carbocycles. The van der Waals surface area contributed by atoms with Gasteiger partial charge in [-0.05, 0) is 89.9 Å². The molecule has 6 heteroatoms. The smallest absolute Gasteiger partial charge is 0.249 e. The predicted octanol–water partition coefficient (Wildman–Crippen LogP) is 18.5. The molecule has 0 aromatic rings. The maximum absolute atomic E-state index is 12.6. The van der Waals surface area contributed by atoms with Crippen molar-refractivity contribution in [3.05, 3.63) is 48.6 Å². The molecule has 0 rings (SSSR count). The molecule has 70 heavy (non-hydrogen) atoms. The lowest BCUT2D eigenvalue weighted by atomic mass is 10.00. The minimum Gasteiger partial charge on any atom is -0.394 e. The normalized spacial score (nSPS) is 14.0. The monoisotopic (exact) mass is 984 g/mol. The van der Waals surface area contributed by atoms with Crippen molar-refractivity contribution in [2.45, 2.75) is 346 Å². The number of carbonyl (C=O) groups excluding carboxylic acids is 1. The summed E-state index contributed by atoms with van der Waals surface area (Å²) in [5.74, 6) is -0.596. The molecule has 412 valence electrons. The maximum atomic E-state index is 12.6. The van der Waals surface area contributed by atoms with E-state index in [2.05, 4.69) is 67.8 Å². The molecule has 0 saturated heterocycles. The number of carbonyl (C=O) groups is 1. The van der Waals surface area contributed by atoms with Crippen molar-refractivity contribution in [2.75, 3.05) is 6.61 Å². The number of nitrogens with one attached hydrogen (secondary N) is 1. The summed E-state index contributed by atoms with van der Waals surface area (Å²) < 4.78 is 0. The standard InChI is InChI=1S/C64H121NO5/c1-3-5-7-9-11-13-15-17-19-21-23-25-27-28-29-30-31-32-33-34-35-36-38-40-42-44-46-48-50-52-54-56-58-62(68)64(70)65-60(59-66)63(69)61(67)57-55-53-51-49-47-45-43-41-39-37-26-24-22-20-18-16-14-12-10-8-6-4-2/h24,26,28-29,41,43,49,51,60-63,66-69H,3-23,25,27,30-40,42,44-48,50,52-59H2,1-2H3,(H,65,70)/b26-24+,29-28-,43-41+,51-49+. The van der Waals surface area contributed by atoms with Crippen LogP contribution >= 0.6 is 0 Å². The van der Waals surface area contributed by atoms with Gasteiger partial charge in [-0.15, -0.1) is 0 Å². The number of amides is 1. The van der Waals surface area contributed by atoms with Crippen molar-refractivity contribution in [1.29, 1.82) is 0 Å². The number of unbranched alkanes of at least 4 members (excludes halogenated alkanes) is 40. The Kier molecular flexibility index (Phi) is 56.7. The van der Waals surface area contributed by atoms with Crippen LogP contribution in [0.2, 0.25) is 0 Å². The molecule has 0 bridgehead atoms. The van der Waals surface area contributed by atoms with Gasteiger partial charge >= 0.3 is 0 Å². The second-order valence-corrected chi connectivity index (χ2v) is 21.4. The Hall–Kier alpha value is -1.73. The van der Waals surface area contributed by atoms with Crippen LogP contribution in [0.1, 0.15) is 322 Å². The van der Waals surface area contributed by atoms with Crippen LogP contribution in [-0.4, -0.2) is 57.3 Å². The molecule has 5 N–H and O–H groups in total. The zero-order valence-corrected chi connectivity index (χ0v) is 46.8. The zero-order chi connectivity index (χ0) is 50.9. The summed E-state index contributed by atoms with van der Waals surface area (Å²) in [5, 5.41) is 44.0. The van der Waals surface area contributed by atoms with Crippen LogP contribution < -0.4 is 5.32 Å². The van der Waals surface area contributed by atoms with E-state index in [4.69, 9.17) is 0 Å². The summed E-state index contributed by atoms with van der Waals surface area (Å²) >= 11 is 0. The summed E-state index contributed by atoms with van der Waals surface area (Å²) in [5.41, 5.74) is 0. The van der Waals surface area contributed by atoms with Crippen molar-refractivity contribution >= 4 is 5.91 Å². The number of aliphatic hydroxyl groups is 4. The highest BCUT2D eigenvalue weighted by Crippen LogP contribution is 2.17. The summed E-state index contributed by atoms with van der Waals surface area (Å²) in [6.45, 7) is 4.07. The van der Waals surface area contributed by atoms with Crippen LogP contribution in [-0.2, 0) is 4.79 Å². The molecule has 0 aliphatic rings. The van der Waals surface area contributed by atoms with Gasteiger partial charge in [-0.3, -0.25) is 4.79 Å². The number of hydrogen-bond acceptors (Lipinski definition) is 5. The Morgan fingerprint density at radius 3 is 0.900 bits per heavy atom. The van der Waals surface area contributed by atoms with Gasteiger partial charge in [0.2, 0.25) is 5.91 Å². The van der Waals surface area contributed by atoms with E-state index in [1.807, 2.05) is 0 Å². The van der Waals surface area contributed by atoms with Gasteiger partial charge in [-0.25, -0.2) is 0 Å². The number of allylic oxidation sites excluding steroid dienone is 8. The molecule has 0 saturated carbocycles. The highest BCUT2D eigenvalue weighted by molar-refractivity contribution is 5.80. The Morgan fingerprint density at radius 1 is 0.343 bits per heavy atom. The van der Waals surface area contributed by atoms with Crippen LogP contribution in [0.4, 0.5) is 0 Å². The molecular weight excluding hydrogens is 863 g/mol. The molecule has 0 aromatic carbocycles. The van der Waals surface area contributed by atoms with Gasteiger partial charge in [-0.1, -0.05) is 281 Å². The third-order valence-electron chi connectivity index (χ3n) is 14.5. The fourth-order valence-electron chi connectivity index (χ4n) is 9.61. The van der Waals surface area contributed by atoms with Crippen LogP contribution in [0.5, 0.6) is 0 Å². The van der Waals surface area contributed by atoms with E-state index >= 15 is 0 Å². The first kappa shape index (κ1) is 68.3. The van der Waals surface area contributed by atoms with Crippen LogP contribution in [0.15, 0.2) is 48.6 Å². The molecule has 0 radical (unpaired) electrons. The molecule has 0 fully saturated rings. The minimum absolute atomic E-state index is 0.360. The van der Waals surface area contributed by atoms with Gasteiger partial charge in [0.1, 0.15) is 12.2 Å². The van der Waals surface area contributed by atoms with Gasteiger partial charge < -0.3 is 25.7 Å². The number of aliphatic hydroxyl groups excluding tert-OH is 4. The number of hydrogen-bond donors (Lipinski definition) is 5. The highest BCUT2D eigenvalue weighted by atomic mass is 16.3. The van der Waals surface area contributed by atoms with Crippen molar-refractivity contribution in [3.63, 3.8) is 0 Å². The van der Waals surface area contributed by atoms with Gasteiger partial charge in [0.05, 0.1) is 18.8 Å². The Balaban J connectivity index is 3.63. The third kappa shape index (κ3) is 51.2. The molecule has 4 unspecified atom stereocenters. The summed E-state index contributed by atoms with van der Waals surface area (Å²) in [6.07, 6.45) is 74.9. The first-order chi connectivity index (χ1) is 34.5. The predicted molar refractivity (Wildman–Crippen MR) is 307 cm³/mol. The first-order valence-corrected chi connectivity index (χ1v) is 31.0. The van der Waals surface area contributed by atoms with E-state index in [9.17, 15) is 25.2 Å². The molecule has 0 heterocycles. The van der Waals surface area contributed by atoms with Crippen LogP contribution in [0, 0.1) is 0 Å². The van der Waals surface area contributed by atoms with Crippen molar-refractivity contribution in [3.8, 4) is 0 Å². The van der Waals surface area contributed by atoms with Crippen molar-refractivity contribution in [2.24, 2.45) is 0 Å². The number of rotatable bonds is 57. The molecule has 6 nitrogen and oxygen atoms in total.